The summed E-state index contributed by atoms with van der Waals surface area (Å²) in [5.41, 5.74) is 2.13. The molecule has 1 aromatic rings. The van der Waals surface area contributed by atoms with Crippen LogP contribution in [0.2, 0.25) is 0 Å². The molecule has 9 nitrogen and oxygen atoms in total. The maximum atomic E-state index is 13.3. The number of allylic oxidation sites excluding steroid dienone is 1. The third kappa shape index (κ3) is 7.25. The van der Waals surface area contributed by atoms with E-state index in [1.165, 1.54) is 14.2 Å². The zero-order valence-electron chi connectivity index (χ0n) is 22.7. The Morgan fingerprint density at radius 2 is 1.54 bits per heavy atom. The van der Waals surface area contributed by atoms with Gasteiger partial charge < -0.3 is 23.7 Å². The maximum Gasteiger partial charge on any atom is 0.414 e. The van der Waals surface area contributed by atoms with Crippen LogP contribution in [0.1, 0.15) is 58.4 Å². The van der Waals surface area contributed by atoms with Crippen molar-refractivity contribution in [1.82, 2.24) is 4.90 Å². The highest BCUT2D eigenvalue weighted by Gasteiger charge is 2.47. The first kappa shape index (κ1) is 28.5. The van der Waals surface area contributed by atoms with Crippen LogP contribution in [0.3, 0.4) is 0 Å². The largest absolute Gasteiger partial charge is 0.497 e. The predicted octanol–water partition coefficient (Wildman–Crippen LogP) is 4.63. The van der Waals surface area contributed by atoms with Crippen molar-refractivity contribution in [2.75, 3.05) is 27.9 Å². The topological polar surface area (TPSA) is 101 Å². The van der Waals surface area contributed by atoms with Gasteiger partial charge in [0.15, 0.2) is 0 Å². The lowest BCUT2D eigenvalue weighted by atomic mass is 9.77. The van der Waals surface area contributed by atoms with Gasteiger partial charge in [0, 0.05) is 24.8 Å². The molecule has 0 fully saturated rings. The van der Waals surface area contributed by atoms with Crippen molar-refractivity contribution in [2.45, 2.75) is 71.1 Å². The third-order valence-corrected chi connectivity index (χ3v) is 6.76. The van der Waals surface area contributed by atoms with Crippen LogP contribution in [0.5, 0.6) is 5.75 Å². The van der Waals surface area contributed by atoms with E-state index in [9.17, 15) is 14.4 Å². The minimum atomic E-state index is -0.715. The molecule has 1 aliphatic carbocycles. The number of hydrogen-bond donors (Lipinski definition) is 0. The molecule has 0 saturated heterocycles. The van der Waals surface area contributed by atoms with Crippen molar-refractivity contribution >= 4 is 18.0 Å². The van der Waals surface area contributed by atoms with E-state index in [1.807, 2.05) is 45.0 Å². The van der Waals surface area contributed by atoms with Gasteiger partial charge in [-0.15, -0.1) is 0 Å². The predicted molar refractivity (Wildman–Crippen MR) is 136 cm³/mol. The molecule has 0 unspecified atom stereocenters. The monoisotopic (exact) mass is 517 g/mol. The van der Waals surface area contributed by atoms with Crippen molar-refractivity contribution in [3.8, 4) is 5.75 Å². The fourth-order valence-electron chi connectivity index (χ4n) is 5.02. The van der Waals surface area contributed by atoms with E-state index in [4.69, 9.17) is 23.7 Å². The number of hydrogen-bond acceptors (Lipinski definition) is 8. The van der Waals surface area contributed by atoms with E-state index >= 15 is 0 Å². The Bertz CT molecular complexity index is 994. The van der Waals surface area contributed by atoms with Gasteiger partial charge >= 0.3 is 18.0 Å². The van der Waals surface area contributed by atoms with Crippen LogP contribution >= 0.6 is 0 Å². The summed E-state index contributed by atoms with van der Waals surface area (Å²) in [5, 5.41) is 0. The summed E-state index contributed by atoms with van der Waals surface area (Å²) in [4.78, 5) is 40.0. The van der Waals surface area contributed by atoms with Gasteiger partial charge in [-0.2, -0.15) is 0 Å². The summed E-state index contributed by atoms with van der Waals surface area (Å²) in [6, 6.07) is 7.59. The highest BCUT2D eigenvalue weighted by Crippen LogP contribution is 2.45. The lowest BCUT2D eigenvalue weighted by Crippen LogP contribution is -2.42. The second-order valence-corrected chi connectivity index (χ2v) is 10.5. The van der Waals surface area contributed by atoms with Crippen LogP contribution in [-0.4, -0.2) is 62.5 Å². The minimum absolute atomic E-state index is 0.140. The molecule has 9 heteroatoms. The molecule has 0 saturated carbocycles. The van der Waals surface area contributed by atoms with Crippen molar-refractivity contribution in [1.29, 1.82) is 0 Å². The van der Waals surface area contributed by atoms with Gasteiger partial charge in [-0.3, -0.25) is 14.5 Å². The van der Waals surface area contributed by atoms with Gasteiger partial charge in [-0.1, -0.05) is 12.1 Å². The molecule has 0 N–H and O–H groups in total. The van der Waals surface area contributed by atoms with E-state index in [1.54, 1.807) is 12.0 Å². The number of rotatable bonds is 9. The second-order valence-electron chi connectivity index (χ2n) is 10.5. The average molecular weight is 518 g/mol. The number of carbonyl (C=O) groups excluding carboxylic acids is 3. The smallest absolute Gasteiger partial charge is 0.414 e. The second kappa shape index (κ2) is 12.4. The first-order valence-electron chi connectivity index (χ1n) is 12.7. The summed E-state index contributed by atoms with van der Waals surface area (Å²) in [6.07, 6.45) is 2.19. The normalized spacial score (nSPS) is 21.4. The molecule has 0 aromatic heterocycles. The first-order valence-corrected chi connectivity index (χ1v) is 12.7. The Hall–Kier alpha value is -3.07. The standard InChI is InChI=1S/C28H39NO8/c1-28(2,3)37-27(32)29-20(8-7-13-36-17-18-9-11-21(33-4)12-10-18)14-19-15-22(25(30)34-5)23(16-24(19)29)26(31)35-6/h9-12,20,22-23H,7-8,13-17H2,1-6H3/t20-,22-,23-/m0/s1. The summed E-state index contributed by atoms with van der Waals surface area (Å²) < 4.78 is 26.7. The molecule has 204 valence electrons. The van der Waals surface area contributed by atoms with Gasteiger partial charge in [-0.05, 0) is 69.7 Å². The molecule has 0 bridgehead atoms. The highest BCUT2D eigenvalue weighted by molar-refractivity contribution is 5.84. The van der Waals surface area contributed by atoms with Crippen LogP contribution in [0, 0.1) is 11.8 Å². The Kier molecular flexibility index (Phi) is 9.59. The zero-order chi connectivity index (χ0) is 27.2. The Labute approximate surface area is 219 Å². The number of methoxy groups -OCH3 is 3. The SMILES string of the molecule is COC(=O)[C@H]1CC2=C(C[C@@H]1C(=O)OC)N(C(=O)OC(C)(C)C)[C@@H](CCCOCc1ccc(OC)cc1)C2. The average Bonchev–Trinajstić information content (AvgIpc) is 3.23. The van der Waals surface area contributed by atoms with E-state index in [0.29, 0.717) is 32.5 Å². The molecular formula is C28H39NO8. The molecule has 3 atom stereocenters. The van der Waals surface area contributed by atoms with E-state index in [0.717, 1.165) is 29.0 Å². The molecule has 2 aliphatic rings. The van der Waals surface area contributed by atoms with Crippen molar-refractivity contribution in [2.24, 2.45) is 11.8 Å². The summed E-state index contributed by atoms with van der Waals surface area (Å²) in [7, 11) is 4.25. The summed E-state index contributed by atoms with van der Waals surface area (Å²) >= 11 is 0. The Morgan fingerprint density at radius 1 is 0.919 bits per heavy atom. The van der Waals surface area contributed by atoms with Crippen LogP contribution in [0.4, 0.5) is 4.79 Å². The Balaban J connectivity index is 1.69. The van der Waals surface area contributed by atoms with E-state index < -0.39 is 35.5 Å². The molecule has 1 heterocycles. The maximum absolute atomic E-state index is 13.3. The number of carbonyl (C=O) groups is 3. The lowest BCUT2D eigenvalue weighted by Gasteiger charge is -2.34. The fourth-order valence-corrected chi connectivity index (χ4v) is 5.02. The zero-order valence-corrected chi connectivity index (χ0v) is 22.7. The van der Waals surface area contributed by atoms with Gasteiger partial charge in [0.05, 0.1) is 39.8 Å². The molecule has 0 spiro atoms. The fraction of sp³-hybridized carbons (Fsp3) is 0.607. The summed E-state index contributed by atoms with van der Waals surface area (Å²) in [6.45, 7) is 6.49. The number of ether oxygens (including phenoxy) is 5. The van der Waals surface area contributed by atoms with Crippen LogP contribution in [0.25, 0.3) is 0 Å². The number of nitrogens with zero attached hydrogens (tertiary/aromatic N) is 1. The van der Waals surface area contributed by atoms with Crippen molar-refractivity contribution in [3.05, 3.63) is 41.1 Å². The quantitative estimate of drug-likeness (QED) is 0.266. The van der Waals surface area contributed by atoms with E-state index in [2.05, 4.69) is 0 Å². The molecule has 37 heavy (non-hydrogen) atoms. The van der Waals surface area contributed by atoms with Crippen molar-refractivity contribution in [3.63, 3.8) is 0 Å². The third-order valence-electron chi connectivity index (χ3n) is 6.76. The molecule has 3 rings (SSSR count). The summed E-state index contributed by atoms with van der Waals surface area (Å²) in [5.74, 6) is -1.48. The van der Waals surface area contributed by atoms with Crippen LogP contribution in [-0.2, 0) is 35.1 Å². The van der Waals surface area contributed by atoms with Crippen LogP contribution < -0.4 is 4.74 Å². The van der Waals surface area contributed by atoms with Crippen LogP contribution in [0.15, 0.2) is 35.5 Å². The molecule has 0 radical (unpaired) electrons. The van der Waals surface area contributed by atoms with Gasteiger partial charge in [0.1, 0.15) is 11.4 Å². The number of amides is 1. The van der Waals surface area contributed by atoms with Gasteiger partial charge in [0.25, 0.3) is 0 Å². The number of benzene rings is 1. The first-order chi connectivity index (χ1) is 17.6. The van der Waals surface area contributed by atoms with E-state index in [-0.39, 0.29) is 12.5 Å². The molecule has 1 aromatic carbocycles. The van der Waals surface area contributed by atoms with Gasteiger partial charge in [-0.25, -0.2) is 4.79 Å². The Morgan fingerprint density at radius 3 is 2.11 bits per heavy atom. The van der Waals surface area contributed by atoms with Crippen molar-refractivity contribution < 1.29 is 38.1 Å². The molecular weight excluding hydrogens is 478 g/mol. The molecule has 1 amide bonds. The lowest BCUT2D eigenvalue weighted by molar-refractivity contribution is -0.158. The number of esters is 2. The highest BCUT2D eigenvalue weighted by atomic mass is 16.6. The molecule has 1 aliphatic heterocycles. The van der Waals surface area contributed by atoms with Gasteiger partial charge in [0.2, 0.25) is 0 Å². The minimum Gasteiger partial charge on any atom is -0.497 e.